The van der Waals surface area contributed by atoms with Crippen LogP contribution in [0.3, 0.4) is 0 Å². The number of rotatable bonds is 3. The molecule has 8 heteroatoms. The summed E-state index contributed by atoms with van der Waals surface area (Å²) < 4.78 is 0. The highest BCUT2D eigenvalue weighted by Gasteiger charge is 2.75. The van der Waals surface area contributed by atoms with Crippen molar-refractivity contribution in [2.75, 3.05) is 0 Å². The normalized spacial score (nSPS) is 45.8. The molecule has 0 bridgehead atoms. The molecule has 12 atom stereocenters. The van der Waals surface area contributed by atoms with Gasteiger partial charge in [-0.15, -0.1) is 0 Å². The van der Waals surface area contributed by atoms with Crippen molar-refractivity contribution in [3.8, 4) is 0 Å². The lowest BCUT2D eigenvalue weighted by atomic mass is 9.14. The lowest BCUT2D eigenvalue weighted by Crippen LogP contribution is -2.78. The van der Waals surface area contributed by atoms with Crippen LogP contribution in [0.15, 0.2) is 91.0 Å². The Balaban J connectivity index is 1.08. The Morgan fingerprint density at radius 1 is 0.533 bits per heavy atom. The lowest BCUT2D eigenvalue weighted by Gasteiger charge is -2.69. The van der Waals surface area contributed by atoms with Gasteiger partial charge in [-0.05, 0) is 65.7 Å². The predicted molar refractivity (Wildman–Crippen MR) is 174 cm³/mol. The second-order valence-electron chi connectivity index (χ2n) is 15.5. The Kier molecular flexibility index (Phi) is 5.60. The van der Waals surface area contributed by atoms with E-state index in [0.29, 0.717) is 84.0 Å². The van der Waals surface area contributed by atoms with Crippen LogP contribution in [0.2, 0.25) is 17.5 Å². The van der Waals surface area contributed by atoms with Gasteiger partial charge in [-0.1, -0.05) is 91.0 Å². The summed E-state index contributed by atoms with van der Waals surface area (Å²) in [6.07, 6.45) is 4.27. The number of hydrogen-bond donors (Lipinski definition) is 4. The second kappa shape index (κ2) is 9.60. The molecule has 5 saturated heterocycles. The second-order valence-corrected chi connectivity index (χ2v) is 15.5. The van der Waals surface area contributed by atoms with Gasteiger partial charge >= 0.3 is 0 Å². The number of Topliss-reactive ketones (excluding diaryl/α,β-unsaturated/α-hetero) is 1. The van der Waals surface area contributed by atoms with E-state index in [1.165, 1.54) is 29.5 Å². The predicted octanol–water partition coefficient (Wildman–Crippen LogP) is 4.25. The number of hydrazine groups is 4. The number of carbonyl (C=O) groups is 1. The van der Waals surface area contributed by atoms with Crippen LogP contribution in [0.25, 0.3) is 0 Å². The molecule has 0 aromatic heterocycles. The average molecular weight is 597 g/mol. The van der Waals surface area contributed by atoms with E-state index in [1.807, 2.05) is 0 Å². The molecule has 0 amide bonds. The van der Waals surface area contributed by atoms with E-state index in [2.05, 4.69) is 123 Å². The van der Waals surface area contributed by atoms with Crippen LogP contribution in [-0.4, -0.2) is 58.8 Å². The number of hydrogen-bond acceptors (Lipinski definition) is 7. The van der Waals surface area contributed by atoms with Gasteiger partial charge in [0.05, 0.1) is 0 Å². The maximum absolute atomic E-state index is 15.1. The molecule has 0 spiro atoms. The fourth-order valence-corrected chi connectivity index (χ4v) is 12.8. The standard InChI is InChI=1S/C37H41BN6O/c45-37-26-18-24(21-12-6-2-7-13-21)33-35-30(26)38-31-27(37)19-25(22-14-8-3-9-15-22)34-36(31)44(42-40-34)29-17-23(20-10-4-1-5-11-20)16-28(32(29)38)43(35)41-39-33/h1-15,23-36,39-42H,16-19H2. The third-order valence-electron chi connectivity index (χ3n) is 14.1. The Hall–Kier alpha value is -2.85. The van der Waals surface area contributed by atoms with Crippen molar-refractivity contribution in [3.63, 3.8) is 0 Å². The van der Waals surface area contributed by atoms with Crippen molar-refractivity contribution in [2.45, 2.75) is 97.1 Å². The summed E-state index contributed by atoms with van der Waals surface area (Å²) in [7, 11) is 0. The first-order chi connectivity index (χ1) is 22.3. The molecule has 3 saturated carbocycles. The SMILES string of the molecule is O=C1C2CC(c3ccccc3)C3NNN4C5CC(c6ccccc6)CC6C5B(C2C34)C2C1CC(c1ccccc1)C1NNN6C12. The maximum atomic E-state index is 15.1. The molecule has 7 nitrogen and oxygen atoms in total. The van der Waals surface area contributed by atoms with Crippen molar-refractivity contribution < 1.29 is 4.79 Å². The molecule has 4 N–H and O–H groups in total. The van der Waals surface area contributed by atoms with Crippen LogP contribution in [0.4, 0.5) is 0 Å². The number of nitrogens with zero attached hydrogens (tertiary/aromatic N) is 2. The molecule has 8 fully saturated rings. The minimum absolute atomic E-state index is 0.127. The van der Waals surface area contributed by atoms with Crippen LogP contribution in [0.5, 0.6) is 0 Å². The van der Waals surface area contributed by atoms with Gasteiger partial charge in [0.1, 0.15) is 5.78 Å². The fourth-order valence-electron chi connectivity index (χ4n) is 12.8. The molecular weight excluding hydrogens is 555 g/mol. The summed E-state index contributed by atoms with van der Waals surface area (Å²) in [6, 6.07) is 35.5. The van der Waals surface area contributed by atoms with Crippen molar-refractivity contribution in [1.29, 1.82) is 0 Å². The first-order valence-corrected chi connectivity index (χ1v) is 17.5. The highest BCUT2D eigenvalue weighted by atomic mass is 16.1. The van der Waals surface area contributed by atoms with Gasteiger partial charge in [-0.3, -0.25) is 4.79 Å². The molecule has 12 unspecified atom stereocenters. The molecule has 5 aliphatic heterocycles. The van der Waals surface area contributed by atoms with Crippen LogP contribution >= 0.6 is 0 Å². The van der Waals surface area contributed by atoms with E-state index in [0.717, 1.165) is 12.8 Å². The van der Waals surface area contributed by atoms with E-state index in [4.69, 9.17) is 0 Å². The van der Waals surface area contributed by atoms with Gasteiger partial charge in [0.2, 0.25) is 0 Å². The van der Waals surface area contributed by atoms with E-state index < -0.39 is 0 Å². The Labute approximate surface area is 265 Å². The number of carbonyl (C=O) groups excluding carboxylic acids is 1. The topological polar surface area (TPSA) is 71.7 Å². The van der Waals surface area contributed by atoms with E-state index in [-0.39, 0.29) is 11.8 Å². The summed E-state index contributed by atoms with van der Waals surface area (Å²) in [6.45, 7) is 0.578. The zero-order valence-corrected chi connectivity index (χ0v) is 25.5. The van der Waals surface area contributed by atoms with Gasteiger partial charge in [-0.25, -0.2) is 20.9 Å². The van der Waals surface area contributed by atoms with E-state index in [9.17, 15) is 0 Å². The van der Waals surface area contributed by atoms with E-state index >= 15 is 4.79 Å². The summed E-state index contributed by atoms with van der Waals surface area (Å²) in [5.74, 6) is 3.33. The molecule has 0 radical (unpaired) electrons. The minimum atomic E-state index is 0.127. The quantitative estimate of drug-likeness (QED) is 0.337. The monoisotopic (exact) mass is 596 g/mol. The van der Waals surface area contributed by atoms with Crippen molar-refractivity contribution in [3.05, 3.63) is 108 Å². The van der Waals surface area contributed by atoms with Crippen LogP contribution in [-0.2, 0) is 4.79 Å². The summed E-state index contributed by atoms with van der Waals surface area (Å²) in [5.41, 5.74) is 19.5. The fraction of sp³-hybridized carbons (Fsp3) is 0.486. The highest BCUT2D eigenvalue weighted by Crippen LogP contribution is 2.69. The molecule has 3 aliphatic carbocycles. The Bertz CT molecular complexity index is 1530. The Morgan fingerprint density at radius 3 is 1.44 bits per heavy atom. The van der Waals surface area contributed by atoms with Crippen LogP contribution in [0.1, 0.15) is 60.1 Å². The minimum Gasteiger partial charge on any atom is -0.299 e. The number of ketones is 1. The third-order valence-corrected chi connectivity index (χ3v) is 14.1. The molecule has 11 rings (SSSR count). The van der Waals surface area contributed by atoms with Crippen molar-refractivity contribution in [2.24, 2.45) is 11.8 Å². The van der Waals surface area contributed by atoms with Gasteiger partial charge < -0.3 is 0 Å². The van der Waals surface area contributed by atoms with E-state index in [1.54, 1.807) is 0 Å². The number of nitrogens with one attached hydrogen (secondary N) is 4. The lowest BCUT2D eigenvalue weighted by molar-refractivity contribution is -0.135. The first-order valence-electron chi connectivity index (χ1n) is 17.5. The molecular formula is C37H41BN6O. The van der Waals surface area contributed by atoms with Crippen LogP contribution < -0.4 is 21.9 Å². The molecule has 3 aromatic rings. The number of benzene rings is 3. The van der Waals surface area contributed by atoms with Crippen molar-refractivity contribution >= 4 is 12.5 Å². The Morgan fingerprint density at radius 2 is 0.978 bits per heavy atom. The van der Waals surface area contributed by atoms with Gasteiger partial charge in [0.25, 0.3) is 0 Å². The van der Waals surface area contributed by atoms with Crippen LogP contribution in [0, 0.1) is 11.8 Å². The third kappa shape index (κ3) is 3.45. The highest BCUT2D eigenvalue weighted by molar-refractivity contribution is 6.67. The summed E-state index contributed by atoms with van der Waals surface area (Å²) >= 11 is 0. The zero-order valence-electron chi connectivity index (χ0n) is 25.5. The molecule has 45 heavy (non-hydrogen) atoms. The average Bonchev–Trinajstić information content (AvgIpc) is 3.75. The van der Waals surface area contributed by atoms with Crippen molar-refractivity contribution in [1.82, 2.24) is 31.9 Å². The van der Waals surface area contributed by atoms with Gasteiger partial charge in [0.15, 0.2) is 6.71 Å². The summed E-state index contributed by atoms with van der Waals surface area (Å²) in [4.78, 5) is 15.1. The molecule has 5 heterocycles. The molecule has 3 aromatic carbocycles. The smallest absolute Gasteiger partial charge is 0.159 e. The zero-order chi connectivity index (χ0) is 29.4. The molecule has 8 aliphatic rings. The van der Waals surface area contributed by atoms with Gasteiger partial charge in [-0.2, -0.15) is 11.1 Å². The maximum Gasteiger partial charge on any atom is 0.159 e. The number of fused-ring (bicyclic) bond motifs is 2. The summed E-state index contributed by atoms with van der Waals surface area (Å²) in [5, 5.41) is 5.32. The van der Waals surface area contributed by atoms with Gasteiger partial charge in [0, 0.05) is 59.9 Å². The first kappa shape index (κ1) is 26.2. The molecule has 228 valence electrons. The largest absolute Gasteiger partial charge is 0.299 e.